The van der Waals surface area contributed by atoms with Crippen LogP contribution in [0.3, 0.4) is 0 Å². The molecule has 0 unspecified atom stereocenters. The number of hydrogen-bond donors (Lipinski definition) is 1. The minimum atomic E-state index is 0.310. The molecule has 0 radical (unpaired) electrons. The molecule has 19 heavy (non-hydrogen) atoms. The van der Waals surface area contributed by atoms with Crippen LogP contribution in [0.4, 0.5) is 5.82 Å². The minimum Gasteiger partial charge on any atom is -0.354 e. The summed E-state index contributed by atoms with van der Waals surface area (Å²) >= 11 is 2.06. The van der Waals surface area contributed by atoms with Crippen molar-refractivity contribution in [1.82, 2.24) is 4.98 Å². The molecule has 0 saturated carbocycles. The zero-order valence-electron chi connectivity index (χ0n) is 11.9. The van der Waals surface area contributed by atoms with Crippen molar-refractivity contribution in [1.29, 1.82) is 0 Å². The third-order valence-corrected chi connectivity index (χ3v) is 5.35. The highest BCUT2D eigenvalue weighted by Gasteiger charge is 2.29. The predicted octanol–water partition coefficient (Wildman–Crippen LogP) is 2.36. The molecule has 1 fully saturated rings. The van der Waals surface area contributed by atoms with Gasteiger partial charge in [-0.05, 0) is 44.7 Å². The number of nitrogens with zero attached hydrogens (tertiary/aromatic N) is 2. The van der Waals surface area contributed by atoms with Gasteiger partial charge in [0.1, 0.15) is 5.82 Å². The first-order valence-corrected chi connectivity index (χ1v) is 8.18. The van der Waals surface area contributed by atoms with Gasteiger partial charge in [-0.2, -0.15) is 11.8 Å². The largest absolute Gasteiger partial charge is 0.354 e. The van der Waals surface area contributed by atoms with E-state index in [2.05, 4.69) is 36.6 Å². The number of aryl methyl sites for hydroxylation is 2. The summed E-state index contributed by atoms with van der Waals surface area (Å²) in [6.07, 6.45) is 3.56. The zero-order valence-corrected chi connectivity index (χ0v) is 12.7. The molecule has 1 aliphatic carbocycles. The smallest absolute Gasteiger partial charge is 0.133 e. The van der Waals surface area contributed by atoms with Gasteiger partial charge in [0.15, 0.2) is 0 Å². The summed E-state index contributed by atoms with van der Waals surface area (Å²) in [7, 11) is 0. The second-order valence-corrected chi connectivity index (χ2v) is 7.97. The number of fused-ring (bicyclic) bond motifs is 1. The molecule has 0 aromatic carbocycles. The first-order valence-electron chi connectivity index (χ1n) is 7.20. The Morgan fingerprint density at radius 2 is 2.26 bits per heavy atom. The summed E-state index contributed by atoms with van der Waals surface area (Å²) < 4.78 is 0.310. The van der Waals surface area contributed by atoms with Crippen molar-refractivity contribution >= 4 is 17.6 Å². The standard InChI is InChI=1S/C15H23N3S/c1-15(2)10-18(6-7-19-15)14-12(9-16)8-11-4-3-5-13(11)17-14/h8H,3-7,9-10,16H2,1-2H3. The Bertz CT molecular complexity index is 485. The number of aromatic nitrogens is 1. The molecule has 0 spiro atoms. The fourth-order valence-electron chi connectivity index (χ4n) is 3.13. The van der Waals surface area contributed by atoms with E-state index in [1.807, 2.05) is 0 Å². The van der Waals surface area contributed by atoms with Crippen LogP contribution < -0.4 is 10.6 Å². The van der Waals surface area contributed by atoms with Crippen LogP contribution in [-0.4, -0.2) is 28.6 Å². The van der Waals surface area contributed by atoms with Gasteiger partial charge in [0.25, 0.3) is 0 Å². The molecule has 2 heterocycles. The highest BCUT2D eigenvalue weighted by molar-refractivity contribution is 8.00. The lowest BCUT2D eigenvalue weighted by Gasteiger charge is -2.39. The van der Waals surface area contributed by atoms with E-state index in [4.69, 9.17) is 10.7 Å². The Kier molecular flexibility index (Phi) is 3.48. The van der Waals surface area contributed by atoms with Gasteiger partial charge in [-0.15, -0.1) is 0 Å². The number of thioether (sulfide) groups is 1. The lowest BCUT2D eigenvalue weighted by Crippen LogP contribution is -2.44. The fraction of sp³-hybridized carbons (Fsp3) is 0.667. The van der Waals surface area contributed by atoms with E-state index >= 15 is 0 Å². The van der Waals surface area contributed by atoms with Crippen molar-refractivity contribution in [2.75, 3.05) is 23.7 Å². The first-order chi connectivity index (χ1) is 9.09. The average Bonchev–Trinajstić information content (AvgIpc) is 2.83. The van der Waals surface area contributed by atoms with Gasteiger partial charge in [0.05, 0.1) is 0 Å². The molecule has 2 N–H and O–H groups in total. The molecule has 1 aromatic heterocycles. The van der Waals surface area contributed by atoms with Crippen LogP contribution in [-0.2, 0) is 19.4 Å². The van der Waals surface area contributed by atoms with Crippen LogP contribution >= 0.6 is 11.8 Å². The van der Waals surface area contributed by atoms with E-state index < -0.39 is 0 Å². The van der Waals surface area contributed by atoms with Gasteiger partial charge in [-0.1, -0.05) is 0 Å². The Morgan fingerprint density at radius 1 is 1.42 bits per heavy atom. The molecule has 4 heteroatoms. The van der Waals surface area contributed by atoms with E-state index in [-0.39, 0.29) is 0 Å². The first kappa shape index (κ1) is 13.3. The van der Waals surface area contributed by atoms with Crippen molar-refractivity contribution in [2.24, 2.45) is 5.73 Å². The second kappa shape index (κ2) is 4.98. The molecule has 1 aromatic rings. The van der Waals surface area contributed by atoms with E-state index in [1.165, 1.54) is 35.4 Å². The summed E-state index contributed by atoms with van der Waals surface area (Å²) in [6, 6.07) is 2.30. The molecule has 3 nitrogen and oxygen atoms in total. The molecular formula is C15H23N3S. The molecule has 0 amide bonds. The maximum absolute atomic E-state index is 5.95. The van der Waals surface area contributed by atoms with Crippen molar-refractivity contribution < 1.29 is 0 Å². The minimum absolute atomic E-state index is 0.310. The Morgan fingerprint density at radius 3 is 3.00 bits per heavy atom. The molecule has 1 aliphatic heterocycles. The maximum Gasteiger partial charge on any atom is 0.133 e. The summed E-state index contributed by atoms with van der Waals surface area (Å²) in [5.74, 6) is 2.33. The summed E-state index contributed by atoms with van der Waals surface area (Å²) in [6.45, 7) is 7.39. The van der Waals surface area contributed by atoms with E-state index in [0.29, 0.717) is 11.3 Å². The van der Waals surface area contributed by atoms with Crippen LogP contribution in [0.2, 0.25) is 0 Å². The third-order valence-electron chi connectivity index (χ3n) is 4.05. The van der Waals surface area contributed by atoms with Gasteiger partial charge in [0.2, 0.25) is 0 Å². The number of anilines is 1. The van der Waals surface area contributed by atoms with E-state index in [1.54, 1.807) is 0 Å². The van der Waals surface area contributed by atoms with Crippen LogP contribution in [0.5, 0.6) is 0 Å². The van der Waals surface area contributed by atoms with Gasteiger partial charge in [-0.25, -0.2) is 4.98 Å². The van der Waals surface area contributed by atoms with Gasteiger partial charge < -0.3 is 10.6 Å². The quantitative estimate of drug-likeness (QED) is 0.901. The number of rotatable bonds is 2. The zero-order chi connectivity index (χ0) is 13.5. The molecule has 0 bridgehead atoms. The summed E-state index contributed by atoms with van der Waals surface area (Å²) in [5, 5.41) is 0. The fourth-order valence-corrected chi connectivity index (χ4v) is 4.24. The average molecular weight is 277 g/mol. The van der Waals surface area contributed by atoms with Crippen molar-refractivity contribution in [3.05, 3.63) is 22.9 Å². The highest BCUT2D eigenvalue weighted by Crippen LogP contribution is 2.34. The second-order valence-electron chi connectivity index (χ2n) is 6.16. The molecular weight excluding hydrogens is 254 g/mol. The van der Waals surface area contributed by atoms with Crippen molar-refractivity contribution in [2.45, 2.75) is 44.4 Å². The van der Waals surface area contributed by atoms with E-state index in [9.17, 15) is 0 Å². The summed E-state index contributed by atoms with van der Waals surface area (Å²) in [5.41, 5.74) is 9.91. The SMILES string of the molecule is CC1(C)CN(c2nc3c(cc2CN)CCC3)CCS1. The van der Waals surface area contributed by atoms with Crippen LogP contribution in [0.1, 0.15) is 37.1 Å². The molecule has 3 rings (SSSR count). The van der Waals surface area contributed by atoms with Gasteiger partial charge in [-0.3, -0.25) is 0 Å². The molecule has 0 atom stereocenters. The Balaban J connectivity index is 1.95. The van der Waals surface area contributed by atoms with E-state index in [0.717, 1.165) is 25.3 Å². The monoisotopic (exact) mass is 277 g/mol. The molecule has 1 saturated heterocycles. The third kappa shape index (κ3) is 2.61. The van der Waals surface area contributed by atoms with Crippen LogP contribution in [0.25, 0.3) is 0 Å². The summed E-state index contributed by atoms with van der Waals surface area (Å²) in [4.78, 5) is 7.39. The molecule has 2 aliphatic rings. The molecule has 104 valence electrons. The Hall–Kier alpha value is -0.740. The van der Waals surface area contributed by atoms with Crippen molar-refractivity contribution in [3.8, 4) is 0 Å². The van der Waals surface area contributed by atoms with Crippen LogP contribution in [0.15, 0.2) is 6.07 Å². The van der Waals surface area contributed by atoms with Crippen molar-refractivity contribution in [3.63, 3.8) is 0 Å². The number of nitrogens with two attached hydrogens (primary N) is 1. The maximum atomic E-state index is 5.95. The van der Waals surface area contributed by atoms with Crippen LogP contribution in [0, 0.1) is 0 Å². The predicted molar refractivity (Wildman–Crippen MR) is 82.9 cm³/mol. The topological polar surface area (TPSA) is 42.2 Å². The number of hydrogen-bond acceptors (Lipinski definition) is 4. The normalized spacial score (nSPS) is 21.5. The Labute approximate surface area is 120 Å². The van der Waals surface area contributed by atoms with Gasteiger partial charge in [0, 0.05) is 41.4 Å². The lowest BCUT2D eigenvalue weighted by molar-refractivity contribution is 0.638. The number of pyridine rings is 1. The lowest BCUT2D eigenvalue weighted by atomic mass is 10.1. The highest BCUT2D eigenvalue weighted by atomic mass is 32.2. The van der Waals surface area contributed by atoms with Gasteiger partial charge >= 0.3 is 0 Å².